The van der Waals surface area contributed by atoms with Crippen molar-refractivity contribution in [2.45, 2.75) is 24.2 Å². The second-order valence-corrected chi connectivity index (χ2v) is 8.68. The van der Waals surface area contributed by atoms with Crippen molar-refractivity contribution in [2.24, 2.45) is 0 Å². The smallest absolute Gasteiger partial charge is 0.231 e. The van der Waals surface area contributed by atoms with Gasteiger partial charge in [0.15, 0.2) is 9.84 Å². The molecule has 1 N–H and O–H groups in total. The number of fused-ring (bicyclic) bond motifs is 1. The Kier molecular flexibility index (Phi) is 5.60. The van der Waals surface area contributed by atoms with Gasteiger partial charge in [0.05, 0.1) is 17.1 Å². The third-order valence-corrected chi connectivity index (χ3v) is 6.38. The topological polar surface area (TPSA) is 83.6 Å². The Hall–Kier alpha value is -2.67. The fourth-order valence-electron chi connectivity index (χ4n) is 3.06. The van der Waals surface area contributed by atoms with Gasteiger partial charge in [0, 0.05) is 25.7 Å². The number of hydrogen-bond acceptors (Lipinski definition) is 4. The molecule has 1 aliphatic heterocycles. The lowest BCUT2D eigenvalue weighted by Crippen LogP contribution is -2.27. The highest BCUT2D eigenvalue weighted by Crippen LogP contribution is 2.30. The molecule has 142 valence electrons. The fourth-order valence-corrected chi connectivity index (χ4v) is 4.35. The number of rotatable bonds is 7. The zero-order chi connectivity index (χ0) is 19.4. The van der Waals surface area contributed by atoms with Crippen LogP contribution in [0.2, 0.25) is 0 Å². The van der Waals surface area contributed by atoms with Crippen molar-refractivity contribution in [1.29, 1.82) is 0 Å². The molecular weight excluding hydrogens is 364 g/mol. The zero-order valence-corrected chi connectivity index (χ0v) is 16.0. The summed E-state index contributed by atoms with van der Waals surface area (Å²) in [6, 6.07) is 14.4. The van der Waals surface area contributed by atoms with Crippen molar-refractivity contribution in [3.8, 4) is 0 Å². The number of amides is 2. The molecule has 2 aromatic rings. The summed E-state index contributed by atoms with van der Waals surface area (Å²) < 4.78 is 25.0. The highest BCUT2D eigenvalue weighted by molar-refractivity contribution is 7.91. The summed E-state index contributed by atoms with van der Waals surface area (Å²) in [5.41, 5.74) is 2.55. The van der Waals surface area contributed by atoms with E-state index in [9.17, 15) is 18.0 Å². The van der Waals surface area contributed by atoms with Crippen molar-refractivity contribution in [1.82, 2.24) is 5.32 Å². The molecule has 1 heterocycles. The summed E-state index contributed by atoms with van der Waals surface area (Å²) in [5, 5.41) is 2.75. The van der Waals surface area contributed by atoms with Gasteiger partial charge in [0.1, 0.15) is 0 Å². The van der Waals surface area contributed by atoms with E-state index in [1.165, 1.54) is 11.0 Å². The summed E-state index contributed by atoms with van der Waals surface area (Å²) in [6.07, 6.45) is 0.813. The first kappa shape index (κ1) is 19.1. The van der Waals surface area contributed by atoms with Crippen LogP contribution in [-0.2, 0) is 32.3 Å². The van der Waals surface area contributed by atoms with Gasteiger partial charge in [-0.05, 0) is 35.7 Å². The molecule has 0 atom stereocenters. The van der Waals surface area contributed by atoms with E-state index in [4.69, 9.17) is 0 Å². The first-order valence-electron chi connectivity index (χ1n) is 8.80. The molecule has 0 unspecified atom stereocenters. The highest BCUT2D eigenvalue weighted by Gasteiger charge is 2.26. The first-order chi connectivity index (χ1) is 12.9. The Morgan fingerprint density at radius 1 is 1.15 bits per heavy atom. The Bertz CT molecular complexity index is 955. The minimum absolute atomic E-state index is 0.0580. The second-order valence-electron chi connectivity index (χ2n) is 6.57. The number of carbonyl (C=O) groups is 2. The van der Waals surface area contributed by atoms with Crippen LogP contribution in [0.4, 0.5) is 5.69 Å². The van der Waals surface area contributed by atoms with Crippen molar-refractivity contribution < 1.29 is 18.0 Å². The standard InChI is InChI=1S/C20H22N2O4S/c1-22-18-8-7-17(13-16(18)14-20(22)24)27(25,26)12-10-19(23)21-11-9-15-5-3-2-4-6-15/h2-8,13H,9-12,14H2,1H3,(H,21,23). The Morgan fingerprint density at radius 3 is 2.63 bits per heavy atom. The minimum Gasteiger partial charge on any atom is -0.356 e. The highest BCUT2D eigenvalue weighted by atomic mass is 32.2. The number of benzene rings is 2. The molecule has 0 radical (unpaired) electrons. The summed E-state index contributed by atoms with van der Waals surface area (Å²) in [5.74, 6) is -0.602. The minimum atomic E-state index is -3.58. The van der Waals surface area contributed by atoms with Crippen molar-refractivity contribution >= 4 is 27.3 Å². The Morgan fingerprint density at radius 2 is 1.89 bits per heavy atom. The van der Waals surface area contributed by atoms with E-state index in [0.29, 0.717) is 18.5 Å². The molecule has 3 rings (SSSR count). The van der Waals surface area contributed by atoms with Gasteiger partial charge in [0.25, 0.3) is 0 Å². The lowest BCUT2D eigenvalue weighted by molar-refractivity contribution is -0.120. The van der Waals surface area contributed by atoms with Crippen LogP contribution in [-0.4, -0.2) is 39.6 Å². The number of nitrogens with one attached hydrogen (secondary N) is 1. The normalized spacial score (nSPS) is 13.5. The number of likely N-dealkylation sites (N-methyl/N-ethyl adjacent to an activating group) is 1. The molecule has 0 aromatic heterocycles. The molecular formula is C20H22N2O4S. The van der Waals surface area contributed by atoms with Crippen LogP contribution < -0.4 is 10.2 Å². The van der Waals surface area contributed by atoms with Crippen molar-refractivity contribution in [3.05, 3.63) is 59.7 Å². The van der Waals surface area contributed by atoms with Crippen LogP contribution in [0.3, 0.4) is 0 Å². The molecule has 2 amide bonds. The summed E-state index contributed by atoms with van der Waals surface area (Å²) in [6.45, 7) is 0.468. The lowest BCUT2D eigenvalue weighted by Gasteiger charge is -2.11. The maximum Gasteiger partial charge on any atom is 0.231 e. The lowest BCUT2D eigenvalue weighted by atomic mass is 10.1. The van der Waals surface area contributed by atoms with E-state index < -0.39 is 9.84 Å². The van der Waals surface area contributed by atoms with E-state index in [1.807, 2.05) is 30.3 Å². The third kappa shape index (κ3) is 4.54. The van der Waals surface area contributed by atoms with Gasteiger partial charge in [-0.3, -0.25) is 9.59 Å². The zero-order valence-electron chi connectivity index (χ0n) is 15.1. The van der Waals surface area contributed by atoms with Crippen LogP contribution >= 0.6 is 0 Å². The Labute approximate surface area is 159 Å². The molecule has 0 saturated carbocycles. The summed E-state index contributed by atoms with van der Waals surface area (Å²) in [4.78, 5) is 25.4. The van der Waals surface area contributed by atoms with E-state index in [2.05, 4.69) is 5.32 Å². The molecule has 0 fully saturated rings. The molecule has 7 heteroatoms. The van der Waals surface area contributed by atoms with Gasteiger partial charge in [-0.1, -0.05) is 30.3 Å². The van der Waals surface area contributed by atoms with Gasteiger partial charge in [-0.15, -0.1) is 0 Å². The quantitative estimate of drug-likeness (QED) is 0.786. The molecule has 0 saturated heterocycles. The SMILES string of the molecule is CN1C(=O)Cc2cc(S(=O)(=O)CCC(=O)NCCc3ccccc3)ccc21. The van der Waals surface area contributed by atoms with Crippen LogP contribution in [0.1, 0.15) is 17.5 Å². The van der Waals surface area contributed by atoms with Gasteiger partial charge < -0.3 is 10.2 Å². The van der Waals surface area contributed by atoms with E-state index >= 15 is 0 Å². The average Bonchev–Trinajstić information content (AvgIpc) is 2.94. The van der Waals surface area contributed by atoms with Crippen LogP contribution in [0.25, 0.3) is 0 Å². The number of sulfone groups is 1. The van der Waals surface area contributed by atoms with Crippen LogP contribution in [0.5, 0.6) is 0 Å². The van der Waals surface area contributed by atoms with Crippen molar-refractivity contribution in [2.75, 3.05) is 24.2 Å². The van der Waals surface area contributed by atoms with Gasteiger partial charge in [-0.25, -0.2) is 8.42 Å². The molecule has 0 aliphatic carbocycles. The van der Waals surface area contributed by atoms with Gasteiger partial charge in [0.2, 0.25) is 11.8 Å². The third-order valence-electron chi connectivity index (χ3n) is 4.66. The van der Waals surface area contributed by atoms with Crippen LogP contribution in [0.15, 0.2) is 53.4 Å². The molecule has 0 spiro atoms. The van der Waals surface area contributed by atoms with E-state index in [-0.39, 0.29) is 35.3 Å². The molecule has 6 nitrogen and oxygen atoms in total. The monoisotopic (exact) mass is 386 g/mol. The van der Waals surface area contributed by atoms with Crippen molar-refractivity contribution in [3.63, 3.8) is 0 Å². The number of anilines is 1. The number of carbonyl (C=O) groups excluding carboxylic acids is 2. The molecule has 0 bridgehead atoms. The largest absolute Gasteiger partial charge is 0.356 e. The van der Waals surface area contributed by atoms with E-state index in [0.717, 1.165) is 11.3 Å². The molecule has 2 aromatic carbocycles. The molecule has 27 heavy (non-hydrogen) atoms. The number of nitrogens with zero attached hydrogens (tertiary/aromatic N) is 1. The maximum absolute atomic E-state index is 12.5. The average molecular weight is 386 g/mol. The van der Waals surface area contributed by atoms with E-state index in [1.54, 1.807) is 19.2 Å². The Balaban J connectivity index is 1.53. The van der Waals surface area contributed by atoms with Gasteiger partial charge in [-0.2, -0.15) is 0 Å². The summed E-state index contributed by atoms with van der Waals surface area (Å²) in [7, 11) is -1.91. The number of hydrogen-bond donors (Lipinski definition) is 1. The fraction of sp³-hybridized carbons (Fsp3) is 0.300. The molecule has 1 aliphatic rings. The maximum atomic E-state index is 12.5. The summed E-state index contributed by atoms with van der Waals surface area (Å²) >= 11 is 0. The predicted octanol–water partition coefficient (Wildman–Crippen LogP) is 1.73. The predicted molar refractivity (Wildman–Crippen MR) is 103 cm³/mol. The first-order valence-corrected chi connectivity index (χ1v) is 10.4. The van der Waals surface area contributed by atoms with Crippen LogP contribution in [0, 0.1) is 0 Å². The second kappa shape index (κ2) is 7.92. The van der Waals surface area contributed by atoms with Gasteiger partial charge >= 0.3 is 0 Å².